The van der Waals surface area contributed by atoms with E-state index in [4.69, 9.17) is 4.74 Å². The van der Waals surface area contributed by atoms with Gasteiger partial charge in [-0.25, -0.2) is 0 Å². The van der Waals surface area contributed by atoms with Gasteiger partial charge in [0.25, 0.3) is 5.91 Å². The SMILES string of the molecule is CCC1CCCCN1CC(=O)Nc1ccc(OC)c(C(=O)N(C)C)c1. The largest absolute Gasteiger partial charge is 0.496 e. The Hall–Kier alpha value is -2.08. The molecular weight excluding hydrogens is 318 g/mol. The van der Waals surface area contributed by atoms with Gasteiger partial charge in [0.15, 0.2) is 0 Å². The van der Waals surface area contributed by atoms with E-state index in [1.54, 1.807) is 32.3 Å². The maximum absolute atomic E-state index is 12.4. The molecule has 0 aliphatic carbocycles. The molecule has 1 fully saturated rings. The Morgan fingerprint density at radius 3 is 2.72 bits per heavy atom. The second-order valence-electron chi connectivity index (χ2n) is 6.69. The van der Waals surface area contributed by atoms with E-state index in [0.717, 1.165) is 25.8 Å². The van der Waals surface area contributed by atoms with E-state index >= 15 is 0 Å². The van der Waals surface area contributed by atoms with Crippen LogP contribution in [0.4, 0.5) is 5.69 Å². The third-order valence-corrected chi connectivity index (χ3v) is 4.69. The van der Waals surface area contributed by atoms with Gasteiger partial charge in [0.05, 0.1) is 19.2 Å². The van der Waals surface area contributed by atoms with E-state index in [2.05, 4.69) is 17.1 Å². The first-order valence-electron chi connectivity index (χ1n) is 8.89. The molecular formula is C19H29N3O3. The molecule has 1 heterocycles. The zero-order valence-electron chi connectivity index (χ0n) is 15.7. The van der Waals surface area contributed by atoms with Crippen LogP contribution in [0.1, 0.15) is 43.0 Å². The molecule has 1 aromatic rings. The van der Waals surface area contributed by atoms with Crippen LogP contribution in [0.5, 0.6) is 5.75 Å². The van der Waals surface area contributed by atoms with Gasteiger partial charge >= 0.3 is 0 Å². The number of carbonyl (C=O) groups excluding carboxylic acids is 2. The first-order valence-corrected chi connectivity index (χ1v) is 8.89. The van der Waals surface area contributed by atoms with E-state index in [1.165, 1.54) is 18.4 Å². The van der Waals surface area contributed by atoms with Gasteiger partial charge in [-0.15, -0.1) is 0 Å². The monoisotopic (exact) mass is 347 g/mol. The molecule has 1 aliphatic heterocycles. The summed E-state index contributed by atoms with van der Waals surface area (Å²) in [6, 6.07) is 5.63. The van der Waals surface area contributed by atoms with Gasteiger partial charge in [0, 0.05) is 25.8 Å². The molecule has 1 atom stereocenters. The molecule has 1 saturated heterocycles. The fourth-order valence-electron chi connectivity index (χ4n) is 3.31. The van der Waals surface area contributed by atoms with Crippen molar-refractivity contribution in [2.24, 2.45) is 0 Å². The summed E-state index contributed by atoms with van der Waals surface area (Å²) in [5, 5.41) is 2.91. The van der Waals surface area contributed by atoms with E-state index in [9.17, 15) is 9.59 Å². The molecule has 0 spiro atoms. The average Bonchev–Trinajstić information content (AvgIpc) is 2.61. The molecule has 0 saturated carbocycles. The highest BCUT2D eigenvalue weighted by molar-refractivity contribution is 5.99. The summed E-state index contributed by atoms with van der Waals surface area (Å²) in [5.74, 6) is 0.294. The Morgan fingerprint density at radius 2 is 2.08 bits per heavy atom. The van der Waals surface area contributed by atoms with Crippen molar-refractivity contribution in [3.63, 3.8) is 0 Å². The minimum absolute atomic E-state index is 0.0474. The maximum atomic E-state index is 12.4. The Kier molecular flexibility index (Phi) is 6.82. The second kappa shape index (κ2) is 8.85. The number of amides is 2. The molecule has 6 heteroatoms. The molecule has 0 bridgehead atoms. The Morgan fingerprint density at radius 1 is 1.32 bits per heavy atom. The van der Waals surface area contributed by atoms with Crippen LogP contribution in [0.2, 0.25) is 0 Å². The van der Waals surface area contributed by atoms with Crippen molar-refractivity contribution in [1.82, 2.24) is 9.80 Å². The minimum Gasteiger partial charge on any atom is -0.496 e. The van der Waals surface area contributed by atoms with Crippen LogP contribution < -0.4 is 10.1 Å². The standard InChI is InChI=1S/C19H29N3O3/c1-5-15-8-6-7-11-22(15)13-18(23)20-14-9-10-17(25-4)16(12-14)19(24)21(2)3/h9-10,12,15H,5-8,11,13H2,1-4H3,(H,20,23). The van der Waals surface area contributed by atoms with Crippen LogP contribution in [0.25, 0.3) is 0 Å². The van der Waals surface area contributed by atoms with Crippen molar-refractivity contribution < 1.29 is 14.3 Å². The lowest BCUT2D eigenvalue weighted by molar-refractivity contribution is -0.118. The number of anilines is 1. The van der Waals surface area contributed by atoms with Gasteiger partial charge < -0.3 is 15.0 Å². The summed E-state index contributed by atoms with van der Waals surface area (Å²) in [7, 11) is 4.91. The minimum atomic E-state index is -0.157. The molecule has 25 heavy (non-hydrogen) atoms. The summed E-state index contributed by atoms with van der Waals surface area (Å²) < 4.78 is 5.26. The second-order valence-corrected chi connectivity index (χ2v) is 6.69. The Labute approximate surface area is 150 Å². The number of nitrogens with zero attached hydrogens (tertiary/aromatic N) is 2. The third-order valence-electron chi connectivity index (χ3n) is 4.69. The van der Waals surface area contributed by atoms with Crippen LogP contribution in [0.3, 0.4) is 0 Å². The molecule has 138 valence electrons. The summed E-state index contributed by atoms with van der Waals surface area (Å²) >= 11 is 0. The van der Waals surface area contributed by atoms with Gasteiger partial charge in [0.1, 0.15) is 5.75 Å². The van der Waals surface area contributed by atoms with Crippen LogP contribution in [0, 0.1) is 0 Å². The van der Waals surface area contributed by atoms with Crippen LogP contribution in [0.15, 0.2) is 18.2 Å². The topological polar surface area (TPSA) is 61.9 Å². The lowest BCUT2D eigenvalue weighted by Gasteiger charge is -2.34. The number of piperidine rings is 1. The molecule has 1 unspecified atom stereocenters. The van der Waals surface area contributed by atoms with Gasteiger partial charge in [-0.3, -0.25) is 14.5 Å². The number of carbonyl (C=O) groups is 2. The number of likely N-dealkylation sites (tertiary alicyclic amines) is 1. The highest BCUT2D eigenvalue weighted by Crippen LogP contribution is 2.24. The summed E-state index contributed by atoms with van der Waals surface area (Å²) in [6.07, 6.45) is 4.62. The van der Waals surface area contributed by atoms with E-state index in [-0.39, 0.29) is 11.8 Å². The van der Waals surface area contributed by atoms with Gasteiger partial charge in [-0.2, -0.15) is 0 Å². The molecule has 2 rings (SSSR count). The van der Waals surface area contributed by atoms with Crippen molar-refractivity contribution >= 4 is 17.5 Å². The maximum Gasteiger partial charge on any atom is 0.257 e. The number of rotatable bonds is 6. The molecule has 1 aromatic carbocycles. The lowest BCUT2D eigenvalue weighted by atomic mass is 10.00. The van der Waals surface area contributed by atoms with Crippen LogP contribution in [-0.2, 0) is 4.79 Å². The van der Waals surface area contributed by atoms with Crippen molar-refractivity contribution in [3.05, 3.63) is 23.8 Å². The van der Waals surface area contributed by atoms with Crippen molar-refractivity contribution in [1.29, 1.82) is 0 Å². The van der Waals surface area contributed by atoms with Gasteiger partial charge in [-0.1, -0.05) is 13.3 Å². The number of hydrogen-bond acceptors (Lipinski definition) is 4. The number of hydrogen-bond donors (Lipinski definition) is 1. The highest BCUT2D eigenvalue weighted by Gasteiger charge is 2.23. The fraction of sp³-hybridized carbons (Fsp3) is 0.579. The molecule has 2 amide bonds. The summed E-state index contributed by atoms with van der Waals surface area (Å²) in [5.41, 5.74) is 1.05. The Balaban J connectivity index is 2.07. The number of methoxy groups -OCH3 is 1. The quantitative estimate of drug-likeness (QED) is 0.859. The summed E-state index contributed by atoms with van der Waals surface area (Å²) in [4.78, 5) is 28.5. The van der Waals surface area contributed by atoms with Crippen molar-refractivity contribution in [2.45, 2.75) is 38.6 Å². The predicted molar refractivity (Wildman–Crippen MR) is 99.1 cm³/mol. The zero-order valence-corrected chi connectivity index (χ0v) is 15.7. The molecule has 1 aliphatic rings. The van der Waals surface area contributed by atoms with Crippen LogP contribution in [-0.4, -0.2) is 62.0 Å². The zero-order chi connectivity index (χ0) is 18.4. The van der Waals surface area contributed by atoms with Gasteiger partial charge in [0.2, 0.25) is 5.91 Å². The van der Waals surface area contributed by atoms with Gasteiger partial charge in [-0.05, 0) is 44.0 Å². The number of ether oxygens (including phenoxy) is 1. The Bertz CT molecular complexity index is 616. The molecule has 0 radical (unpaired) electrons. The summed E-state index contributed by atoms with van der Waals surface area (Å²) in [6.45, 7) is 3.53. The average molecular weight is 347 g/mol. The molecule has 6 nitrogen and oxygen atoms in total. The van der Waals surface area contributed by atoms with E-state index < -0.39 is 0 Å². The number of nitrogens with one attached hydrogen (secondary N) is 1. The van der Waals surface area contributed by atoms with Crippen molar-refractivity contribution in [2.75, 3.05) is 39.6 Å². The third kappa shape index (κ3) is 4.95. The lowest BCUT2D eigenvalue weighted by Crippen LogP contribution is -2.43. The van der Waals surface area contributed by atoms with Crippen LogP contribution >= 0.6 is 0 Å². The van der Waals surface area contributed by atoms with E-state index in [1.807, 2.05) is 0 Å². The molecule has 1 N–H and O–H groups in total. The smallest absolute Gasteiger partial charge is 0.257 e. The molecule has 0 aromatic heterocycles. The first-order chi connectivity index (χ1) is 12.0. The van der Waals surface area contributed by atoms with Crippen molar-refractivity contribution in [3.8, 4) is 5.75 Å². The normalized spacial score (nSPS) is 17.8. The first kappa shape index (κ1) is 19.2. The predicted octanol–water partition coefficient (Wildman–Crippen LogP) is 2.60. The fourth-order valence-corrected chi connectivity index (χ4v) is 3.31. The number of benzene rings is 1. The highest BCUT2D eigenvalue weighted by atomic mass is 16.5. The van der Waals surface area contributed by atoms with E-state index in [0.29, 0.717) is 29.6 Å².